The van der Waals surface area contributed by atoms with Gasteiger partial charge in [-0.25, -0.2) is 9.59 Å². The van der Waals surface area contributed by atoms with Crippen LogP contribution in [0.15, 0.2) is 48.5 Å². The summed E-state index contributed by atoms with van der Waals surface area (Å²) in [6.07, 6.45) is 0.552. The molecule has 2 bridgehead atoms. The Morgan fingerprint density at radius 2 is 1.65 bits per heavy atom. The van der Waals surface area contributed by atoms with Gasteiger partial charge in [-0.1, -0.05) is 62.4 Å². The van der Waals surface area contributed by atoms with Crippen molar-refractivity contribution in [3.05, 3.63) is 59.7 Å². The second-order valence-corrected chi connectivity index (χ2v) is 10.1. The van der Waals surface area contributed by atoms with Crippen molar-refractivity contribution in [1.29, 1.82) is 0 Å². The highest BCUT2D eigenvalue weighted by atomic mass is 16.5. The highest BCUT2D eigenvalue weighted by molar-refractivity contribution is 5.90. The predicted molar refractivity (Wildman–Crippen MR) is 126 cm³/mol. The summed E-state index contributed by atoms with van der Waals surface area (Å²) < 4.78 is 5.65. The first kappa shape index (κ1) is 22.4. The molecule has 0 aromatic heterocycles. The fraction of sp³-hybridized carbons (Fsp3) is 0.444. The molecule has 0 radical (unpaired) electrons. The van der Waals surface area contributed by atoms with E-state index in [1.54, 1.807) is 0 Å². The molecule has 7 heteroatoms. The van der Waals surface area contributed by atoms with Crippen LogP contribution in [0.5, 0.6) is 0 Å². The Hall–Kier alpha value is -3.35. The molecule has 4 aliphatic rings. The maximum absolute atomic E-state index is 13.0. The minimum atomic E-state index is -1.05. The Morgan fingerprint density at radius 1 is 1.06 bits per heavy atom. The molecule has 2 heterocycles. The molecule has 2 aliphatic heterocycles. The number of hydrogen-bond donors (Lipinski definition) is 2. The summed E-state index contributed by atoms with van der Waals surface area (Å²) in [6.45, 7) is 4.55. The number of carboxylic acid groups (broad SMARTS) is 1. The molecule has 2 saturated heterocycles. The number of carboxylic acids is 1. The fourth-order valence-electron chi connectivity index (χ4n) is 5.85. The predicted octanol–water partition coefficient (Wildman–Crippen LogP) is 4.02. The van der Waals surface area contributed by atoms with Crippen molar-refractivity contribution in [3.63, 3.8) is 0 Å². The number of benzene rings is 2. The van der Waals surface area contributed by atoms with Gasteiger partial charge >= 0.3 is 12.1 Å². The number of nitrogens with one attached hydrogen (secondary N) is 1. The monoisotopic (exact) mass is 462 g/mol. The van der Waals surface area contributed by atoms with Gasteiger partial charge in [-0.15, -0.1) is 0 Å². The van der Waals surface area contributed by atoms with Crippen molar-refractivity contribution in [3.8, 4) is 11.1 Å². The molecule has 2 aliphatic carbocycles. The number of rotatable bonds is 7. The number of nitrogens with zero attached hydrogens (tertiary/aromatic N) is 1. The maximum Gasteiger partial charge on any atom is 0.407 e. The van der Waals surface area contributed by atoms with E-state index in [1.807, 2.05) is 38.1 Å². The first-order chi connectivity index (χ1) is 16.3. The Labute approximate surface area is 199 Å². The zero-order valence-electron chi connectivity index (χ0n) is 19.5. The number of hydrogen-bond acceptors (Lipinski definition) is 4. The van der Waals surface area contributed by atoms with E-state index in [9.17, 15) is 19.5 Å². The van der Waals surface area contributed by atoms with Crippen molar-refractivity contribution >= 4 is 18.0 Å². The van der Waals surface area contributed by atoms with Gasteiger partial charge < -0.3 is 20.1 Å². The summed E-state index contributed by atoms with van der Waals surface area (Å²) in [5.74, 6) is -0.931. The van der Waals surface area contributed by atoms with Crippen molar-refractivity contribution in [1.82, 2.24) is 10.2 Å². The lowest BCUT2D eigenvalue weighted by molar-refractivity contribution is -0.158. The van der Waals surface area contributed by atoms with Crippen molar-refractivity contribution < 1.29 is 24.2 Å². The topological polar surface area (TPSA) is 95.9 Å². The molecule has 1 saturated carbocycles. The number of alkyl carbamates (subject to hydrolysis) is 1. The number of amides is 2. The molecular weight excluding hydrogens is 432 g/mol. The van der Waals surface area contributed by atoms with Gasteiger partial charge in [0, 0.05) is 24.9 Å². The van der Waals surface area contributed by atoms with Crippen LogP contribution in [-0.4, -0.2) is 52.7 Å². The Balaban J connectivity index is 1.22. The number of aliphatic carboxylic acids is 1. The molecule has 34 heavy (non-hydrogen) atoms. The summed E-state index contributed by atoms with van der Waals surface area (Å²) >= 11 is 0. The van der Waals surface area contributed by atoms with Crippen LogP contribution in [0.2, 0.25) is 0 Å². The van der Waals surface area contributed by atoms with E-state index in [2.05, 4.69) is 29.6 Å². The van der Waals surface area contributed by atoms with Crippen LogP contribution in [-0.2, 0) is 14.3 Å². The average molecular weight is 463 g/mol. The number of carbonyl (C=O) groups excluding carboxylic acids is 2. The van der Waals surface area contributed by atoms with Crippen LogP contribution in [0.1, 0.15) is 50.2 Å². The Morgan fingerprint density at radius 3 is 2.21 bits per heavy atom. The average Bonchev–Trinajstić information content (AvgIpc) is 3.46. The van der Waals surface area contributed by atoms with Crippen LogP contribution in [0.4, 0.5) is 4.79 Å². The second kappa shape index (κ2) is 8.46. The molecule has 2 amide bonds. The van der Waals surface area contributed by atoms with Gasteiger partial charge in [0.05, 0.1) is 0 Å². The van der Waals surface area contributed by atoms with E-state index in [4.69, 9.17) is 4.74 Å². The molecular formula is C27H30N2O5. The summed E-state index contributed by atoms with van der Waals surface area (Å²) in [7, 11) is 0. The summed E-state index contributed by atoms with van der Waals surface area (Å²) in [4.78, 5) is 39.0. The minimum Gasteiger partial charge on any atom is -0.479 e. The number of carbonyl (C=O) groups is 3. The van der Waals surface area contributed by atoms with Gasteiger partial charge in [-0.3, -0.25) is 4.79 Å². The van der Waals surface area contributed by atoms with Crippen LogP contribution in [0.3, 0.4) is 0 Å². The Kier molecular flexibility index (Phi) is 5.58. The van der Waals surface area contributed by atoms with Gasteiger partial charge in [0.15, 0.2) is 0 Å². The van der Waals surface area contributed by atoms with E-state index in [0.29, 0.717) is 19.4 Å². The molecule has 7 nitrogen and oxygen atoms in total. The smallest absolute Gasteiger partial charge is 0.407 e. The van der Waals surface area contributed by atoms with E-state index in [0.717, 1.165) is 22.3 Å². The third-order valence-corrected chi connectivity index (χ3v) is 7.76. The van der Waals surface area contributed by atoms with E-state index < -0.39 is 23.6 Å². The second-order valence-electron chi connectivity index (χ2n) is 10.1. The molecule has 1 atom stereocenters. The summed E-state index contributed by atoms with van der Waals surface area (Å²) in [5.41, 5.74) is 3.55. The van der Waals surface area contributed by atoms with Gasteiger partial charge in [0.25, 0.3) is 0 Å². The standard InChI is InChI=1S/C27H30N2O5/c1-16(2)23(11-24(30)29-14-17-12-27(29,13-17)25(31)32)28-26(33)34-15-22-20-9-5-3-7-18(20)19-8-4-6-10-21(19)22/h3-10,16-17,22-23H,11-15H2,1-2H3,(H,28,33)(H,31,32). The number of ether oxygens (including phenoxy) is 1. The fourth-order valence-corrected chi connectivity index (χ4v) is 5.85. The molecule has 2 N–H and O–H groups in total. The normalized spacial score (nSPS) is 23.1. The van der Waals surface area contributed by atoms with Crippen molar-refractivity contribution in [2.24, 2.45) is 11.8 Å². The Bertz CT molecular complexity index is 1090. The van der Waals surface area contributed by atoms with Crippen LogP contribution in [0, 0.1) is 11.8 Å². The van der Waals surface area contributed by atoms with Crippen molar-refractivity contribution in [2.45, 2.75) is 50.6 Å². The van der Waals surface area contributed by atoms with Gasteiger partial charge in [-0.05, 0) is 46.9 Å². The molecule has 1 unspecified atom stereocenters. The minimum absolute atomic E-state index is 0.0113. The lowest BCUT2D eigenvalue weighted by Crippen LogP contribution is -2.55. The molecule has 178 valence electrons. The van der Waals surface area contributed by atoms with E-state index in [-0.39, 0.29) is 36.7 Å². The van der Waals surface area contributed by atoms with Crippen LogP contribution >= 0.6 is 0 Å². The largest absolute Gasteiger partial charge is 0.479 e. The summed E-state index contributed by atoms with van der Waals surface area (Å²) in [6, 6.07) is 15.9. The SMILES string of the molecule is CC(C)C(CC(=O)N1CC2CC1(C(=O)O)C2)NC(=O)OCC1c2ccccc2-c2ccccc21. The van der Waals surface area contributed by atoms with Crippen LogP contribution in [0.25, 0.3) is 11.1 Å². The number of fused-ring (bicyclic) bond motifs is 4. The lowest BCUT2D eigenvalue weighted by Gasteiger charge is -2.38. The van der Waals surface area contributed by atoms with Gasteiger partial charge in [-0.2, -0.15) is 0 Å². The molecule has 2 aromatic carbocycles. The summed E-state index contributed by atoms with van der Waals surface area (Å²) in [5, 5.41) is 12.5. The molecule has 6 rings (SSSR count). The van der Waals surface area contributed by atoms with E-state index >= 15 is 0 Å². The highest BCUT2D eigenvalue weighted by Gasteiger charge is 2.62. The quantitative estimate of drug-likeness (QED) is 0.648. The van der Waals surface area contributed by atoms with E-state index in [1.165, 1.54) is 4.90 Å². The first-order valence-corrected chi connectivity index (χ1v) is 12.0. The third kappa shape index (κ3) is 3.63. The zero-order chi connectivity index (χ0) is 24.0. The third-order valence-electron chi connectivity index (χ3n) is 7.76. The molecule has 0 spiro atoms. The maximum atomic E-state index is 13.0. The van der Waals surface area contributed by atoms with Crippen molar-refractivity contribution in [2.75, 3.05) is 13.2 Å². The lowest BCUT2D eigenvalue weighted by atomic mass is 9.73. The van der Waals surface area contributed by atoms with Gasteiger partial charge in [0.2, 0.25) is 5.91 Å². The molecule has 2 aromatic rings. The van der Waals surface area contributed by atoms with Gasteiger partial charge in [0.1, 0.15) is 12.1 Å². The van der Waals surface area contributed by atoms with Crippen LogP contribution < -0.4 is 5.32 Å². The first-order valence-electron chi connectivity index (χ1n) is 12.0. The highest BCUT2D eigenvalue weighted by Crippen LogP contribution is 2.51. The molecule has 3 fully saturated rings. The zero-order valence-corrected chi connectivity index (χ0v) is 19.5.